The van der Waals surface area contributed by atoms with E-state index in [2.05, 4.69) is 4.98 Å². The molecule has 3 rings (SSSR count). The number of amides is 4. The summed E-state index contributed by atoms with van der Waals surface area (Å²) in [5, 5.41) is 6.02. The molecule has 1 aromatic heterocycles. The number of nitrogens with one attached hydrogen (secondary N) is 2. The molecule has 0 unspecified atom stereocenters. The molecule has 7 nitrogen and oxygen atoms in total. The first kappa shape index (κ1) is 15.0. The van der Waals surface area contributed by atoms with Crippen LogP contribution in [-0.4, -0.2) is 28.6 Å². The van der Waals surface area contributed by atoms with Crippen LogP contribution in [0.15, 0.2) is 35.7 Å². The highest BCUT2D eigenvalue weighted by Crippen LogP contribution is 2.18. The second kappa shape index (κ2) is 6.09. The fourth-order valence-corrected chi connectivity index (χ4v) is 3.00. The molecule has 0 radical (unpaired) electrons. The van der Waals surface area contributed by atoms with Gasteiger partial charge < -0.3 is 0 Å². The van der Waals surface area contributed by atoms with Crippen molar-refractivity contribution in [3.8, 4) is 0 Å². The van der Waals surface area contributed by atoms with E-state index in [9.17, 15) is 19.2 Å². The van der Waals surface area contributed by atoms with Gasteiger partial charge in [-0.15, -0.1) is 11.3 Å². The van der Waals surface area contributed by atoms with E-state index in [4.69, 9.17) is 0 Å². The van der Waals surface area contributed by atoms with Crippen LogP contribution in [0, 0.1) is 5.92 Å². The Kier molecular flexibility index (Phi) is 3.98. The first-order valence-electron chi connectivity index (χ1n) is 6.73. The Bertz CT molecular complexity index is 780. The van der Waals surface area contributed by atoms with Crippen LogP contribution < -0.4 is 10.6 Å². The SMILES string of the molecule is O=C1NC(=O)C(C(=O)c2csc(Cc3ccccc3)n2)C(=O)N1. The van der Waals surface area contributed by atoms with Gasteiger partial charge >= 0.3 is 6.03 Å². The maximum Gasteiger partial charge on any atom is 0.328 e. The molecule has 2 N–H and O–H groups in total. The zero-order valence-corrected chi connectivity index (χ0v) is 12.6. The number of hydrogen-bond acceptors (Lipinski definition) is 6. The van der Waals surface area contributed by atoms with Gasteiger partial charge in [-0.05, 0) is 5.56 Å². The molecular formula is C15H11N3O4S. The van der Waals surface area contributed by atoms with Gasteiger partial charge in [0.25, 0.3) is 0 Å². The third-order valence-electron chi connectivity index (χ3n) is 3.26. The molecule has 1 saturated heterocycles. The fraction of sp³-hybridized carbons (Fsp3) is 0.133. The Morgan fingerprint density at radius 3 is 2.39 bits per heavy atom. The summed E-state index contributed by atoms with van der Waals surface area (Å²) >= 11 is 1.28. The lowest BCUT2D eigenvalue weighted by atomic mass is 9.99. The third-order valence-corrected chi connectivity index (χ3v) is 4.11. The molecule has 116 valence electrons. The number of urea groups is 1. The van der Waals surface area contributed by atoms with Crippen molar-refractivity contribution in [3.63, 3.8) is 0 Å². The van der Waals surface area contributed by atoms with Crippen LogP contribution in [0.1, 0.15) is 21.1 Å². The van der Waals surface area contributed by atoms with Gasteiger partial charge in [0.2, 0.25) is 17.6 Å². The van der Waals surface area contributed by atoms with Crippen molar-refractivity contribution in [1.82, 2.24) is 15.6 Å². The van der Waals surface area contributed by atoms with E-state index < -0.39 is 29.5 Å². The van der Waals surface area contributed by atoms with Gasteiger partial charge in [-0.2, -0.15) is 0 Å². The number of hydrogen-bond donors (Lipinski definition) is 2. The lowest BCUT2D eigenvalue weighted by molar-refractivity contribution is -0.133. The van der Waals surface area contributed by atoms with Crippen LogP contribution in [0.3, 0.4) is 0 Å². The molecule has 0 spiro atoms. The van der Waals surface area contributed by atoms with Gasteiger partial charge in [0.15, 0.2) is 5.92 Å². The minimum absolute atomic E-state index is 0.0468. The van der Waals surface area contributed by atoms with Crippen LogP contribution >= 0.6 is 11.3 Å². The Morgan fingerprint density at radius 2 is 1.74 bits per heavy atom. The number of thiazole rings is 1. The molecule has 0 aliphatic carbocycles. The zero-order valence-electron chi connectivity index (χ0n) is 11.7. The molecule has 1 fully saturated rings. The van der Waals surface area contributed by atoms with Crippen molar-refractivity contribution in [3.05, 3.63) is 52.0 Å². The lowest BCUT2D eigenvalue weighted by Gasteiger charge is -2.18. The van der Waals surface area contributed by atoms with E-state index >= 15 is 0 Å². The number of carbonyl (C=O) groups excluding carboxylic acids is 4. The summed E-state index contributed by atoms with van der Waals surface area (Å²) in [5.41, 5.74) is 1.09. The first-order valence-corrected chi connectivity index (χ1v) is 7.61. The summed E-state index contributed by atoms with van der Waals surface area (Å²) < 4.78 is 0. The molecule has 4 amide bonds. The smallest absolute Gasteiger partial charge is 0.291 e. The van der Waals surface area contributed by atoms with Crippen LogP contribution in [0.5, 0.6) is 0 Å². The normalized spacial score (nSPS) is 15.2. The predicted molar refractivity (Wildman–Crippen MR) is 80.9 cm³/mol. The number of carbonyl (C=O) groups is 4. The minimum atomic E-state index is -1.58. The number of Topliss-reactive ketones (excluding diaryl/α,β-unsaturated/α-hetero) is 1. The predicted octanol–water partition coefficient (Wildman–Crippen LogP) is 0.899. The van der Waals surface area contributed by atoms with Crippen LogP contribution in [0.4, 0.5) is 4.79 Å². The number of barbiturate groups is 1. The third kappa shape index (κ3) is 3.16. The highest BCUT2D eigenvalue weighted by atomic mass is 32.1. The van der Waals surface area contributed by atoms with E-state index in [1.807, 2.05) is 41.0 Å². The zero-order chi connectivity index (χ0) is 16.4. The van der Waals surface area contributed by atoms with Gasteiger partial charge in [-0.1, -0.05) is 30.3 Å². The first-order chi connectivity index (χ1) is 11.0. The Labute approximate surface area is 134 Å². The molecule has 1 aliphatic rings. The Balaban J connectivity index is 1.77. The van der Waals surface area contributed by atoms with E-state index in [0.717, 1.165) is 5.56 Å². The minimum Gasteiger partial charge on any atom is -0.291 e. The van der Waals surface area contributed by atoms with E-state index in [1.165, 1.54) is 16.7 Å². The standard InChI is InChI=1S/C15H11N3O4S/c19-12(11-13(20)17-15(22)18-14(11)21)9-7-23-10(16-9)6-8-4-2-1-3-5-8/h1-5,7,11H,6H2,(H2,17,18,20,21,22). The number of rotatable bonds is 4. The van der Waals surface area contributed by atoms with Crippen molar-refractivity contribution >= 4 is 35.0 Å². The van der Waals surface area contributed by atoms with Crippen molar-refractivity contribution in [2.45, 2.75) is 6.42 Å². The molecule has 2 heterocycles. The van der Waals surface area contributed by atoms with Crippen molar-refractivity contribution in [1.29, 1.82) is 0 Å². The topological polar surface area (TPSA) is 105 Å². The fourth-order valence-electron chi connectivity index (χ4n) is 2.18. The second-order valence-corrected chi connectivity index (χ2v) is 5.84. The highest BCUT2D eigenvalue weighted by molar-refractivity contribution is 7.09. The molecular weight excluding hydrogens is 318 g/mol. The number of nitrogens with zero attached hydrogens (tertiary/aromatic N) is 1. The van der Waals surface area contributed by atoms with Crippen molar-refractivity contribution < 1.29 is 19.2 Å². The van der Waals surface area contributed by atoms with Gasteiger partial charge in [0.05, 0.1) is 5.01 Å². The highest BCUT2D eigenvalue weighted by Gasteiger charge is 2.41. The number of benzene rings is 1. The maximum atomic E-state index is 12.3. The number of imide groups is 2. The molecule has 1 aromatic carbocycles. The van der Waals surface area contributed by atoms with Crippen LogP contribution in [0.25, 0.3) is 0 Å². The molecule has 23 heavy (non-hydrogen) atoms. The van der Waals surface area contributed by atoms with Crippen LogP contribution in [0.2, 0.25) is 0 Å². The molecule has 0 saturated carbocycles. The Hall–Kier alpha value is -2.87. The largest absolute Gasteiger partial charge is 0.328 e. The van der Waals surface area contributed by atoms with Crippen molar-refractivity contribution in [2.75, 3.05) is 0 Å². The summed E-state index contributed by atoms with van der Waals surface area (Å²) in [5.74, 6) is -4.16. The molecule has 2 aromatic rings. The second-order valence-electron chi connectivity index (χ2n) is 4.89. The molecule has 1 aliphatic heterocycles. The van der Waals surface area contributed by atoms with Gasteiger partial charge in [0.1, 0.15) is 5.69 Å². The molecule has 8 heteroatoms. The van der Waals surface area contributed by atoms with Gasteiger partial charge in [-0.3, -0.25) is 25.0 Å². The van der Waals surface area contributed by atoms with Crippen LogP contribution in [-0.2, 0) is 16.0 Å². The average molecular weight is 329 g/mol. The van der Waals surface area contributed by atoms with Gasteiger partial charge in [-0.25, -0.2) is 9.78 Å². The number of aromatic nitrogens is 1. The monoisotopic (exact) mass is 329 g/mol. The molecule has 0 atom stereocenters. The summed E-state index contributed by atoms with van der Waals surface area (Å²) in [7, 11) is 0. The summed E-state index contributed by atoms with van der Waals surface area (Å²) in [4.78, 5) is 50.9. The summed E-state index contributed by atoms with van der Waals surface area (Å²) in [6.07, 6.45) is 0.556. The number of ketones is 1. The molecule has 0 bridgehead atoms. The average Bonchev–Trinajstić information content (AvgIpc) is 2.95. The van der Waals surface area contributed by atoms with E-state index in [1.54, 1.807) is 0 Å². The van der Waals surface area contributed by atoms with E-state index in [0.29, 0.717) is 11.4 Å². The van der Waals surface area contributed by atoms with E-state index in [-0.39, 0.29) is 5.69 Å². The maximum absolute atomic E-state index is 12.3. The van der Waals surface area contributed by atoms with Crippen molar-refractivity contribution in [2.24, 2.45) is 5.92 Å². The summed E-state index contributed by atoms with van der Waals surface area (Å²) in [6, 6.07) is 8.67. The quantitative estimate of drug-likeness (QED) is 0.640. The Morgan fingerprint density at radius 1 is 1.09 bits per heavy atom. The summed E-state index contributed by atoms with van der Waals surface area (Å²) in [6.45, 7) is 0. The lowest BCUT2D eigenvalue weighted by Crippen LogP contribution is -2.58. The van der Waals surface area contributed by atoms with Gasteiger partial charge in [0, 0.05) is 11.8 Å².